The fourth-order valence-electron chi connectivity index (χ4n) is 2.35. The molecule has 0 saturated heterocycles. The lowest BCUT2D eigenvalue weighted by molar-refractivity contribution is 0.0164. The lowest BCUT2D eigenvalue weighted by atomic mass is 9.97. The van der Waals surface area contributed by atoms with Gasteiger partial charge in [-0.2, -0.15) is 5.26 Å². The summed E-state index contributed by atoms with van der Waals surface area (Å²) < 4.78 is 10.6. The molecular formula is C19H19NO5. The molecule has 0 radical (unpaired) electrons. The van der Waals surface area contributed by atoms with Crippen LogP contribution in [0.4, 0.5) is 0 Å². The van der Waals surface area contributed by atoms with Gasteiger partial charge in [0, 0.05) is 7.11 Å². The first kappa shape index (κ1) is 18.5. The number of hydrogen-bond donors (Lipinski definition) is 2. The number of aromatic carboxylic acids is 1. The maximum Gasteiger partial charge on any atom is 0.335 e. The molecule has 0 aliphatic rings. The number of ether oxygens (including phenoxy) is 2. The number of carbonyl (C=O) groups is 1. The van der Waals surface area contributed by atoms with E-state index in [0.717, 1.165) is 5.56 Å². The molecule has 0 spiro atoms. The monoisotopic (exact) mass is 341 g/mol. The molecule has 1 unspecified atom stereocenters. The van der Waals surface area contributed by atoms with Crippen molar-refractivity contribution in [3.63, 3.8) is 0 Å². The third kappa shape index (κ3) is 4.57. The Kier molecular flexibility index (Phi) is 6.12. The topological polar surface area (TPSA) is 99.8 Å². The summed E-state index contributed by atoms with van der Waals surface area (Å²) >= 11 is 0. The second kappa shape index (κ2) is 8.29. The molecule has 2 N–H and O–H groups in total. The molecular weight excluding hydrogens is 322 g/mol. The van der Waals surface area contributed by atoms with Crippen LogP contribution in [0.2, 0.25) is 0 Å². The molecule has 6 nitrogen and oxygen atoms in total. The number of hydrogen-bond acceptors (Lipinski definition) is 5. The molecule has 0 aliphatic heterocycles. The van der Waals surface area contributed by atoms with Crippen molar-refractivity contribution in [3.8, 4) is 22.9 Å². The highest BCUT2D eigenvalue weighted by Crippen LogP contribution is 2.29. The summed E-state index contributed by atoms with van der Waals surface area (Å²) in [7, 11) is 1.45. The second-order valence-electron chi connectivity index (χ2n) is 5.56. The van der Waals surface area contributed by atoms with Crippen LogP contribution in [0.1, 0.15) is 21.5 Å². The van der Waals surface area contributed by atoms with Gasteiger partial charge in [-0.05, 0) is 47.9 Å². The van der Waals surface area contributed by atoms with E-state index >= 15 is 0 Å². The number of rotatable bonds is 7. The standard InChI is InChI=1S/C19H19NO5/c1-12-3-4-18(15(5-12)9-20)13-6-14(19(22)23)8-16(7-13)25-11-17(10-21)24-2/h3-8,17,21H,10-11H2,1-2H3,(H,22,23). The summed E-state index contributed by atoms with van der Waals surface area (Å²) in [4.78, 5) is 11.4. The molecule has 1 atom stereocenters. The summed E-state index contributed by atoms with van der Waals surface area (Å²) in [5, 5.41) is 27.8. The van der Waals surface area contributed by atoms with E-state index in [0.29, 0.717) is 22.4 Å². The van der Waals surface area contributed by atoms with Gasteiger partial charge in [0.1, 0.15) is 18.5 Å². The molecule has 0 bridgehead atoms. The van der Waals surface area contributed by atoms with Gasteiger partial charge in [-0.25, -0.2) is 4.79 Å². The average Bonchev–Trinajstić information content (AvgIpc) is 2.62. The number of benzene rings is 2. The predicted octanol–water partition coefficient (Wildman–Crippen LogP) is 2.62. The van der Waals surface area contributed by atoms with Gasteiger partial charge in [0.15, 0.2) is 0 Å². The minimum atomic E-state index is -1.09. The van der Waals surface area contributed by atoms with Crippen molar-refractivity contribution >= 4 is 5.97 Å². The molecule has 0 fully saturated rings. The van der Waals surface area contributed by atoms with E-state index in [1.54, 1.807) is 18.2 Å². The van der Waals surface area contributed by atoms with Gasteiger partial charge in [0.2, 0.25) is 0 Å². The smallest absolute Gasteiger partial charge is 0.335 e. The van der Waals surface area contributed by atoms with Crippen LogP contribution in [0, 0.1) is 18.3 Å². The summed E-state index contributed by atoms with van der Waals surface area (Å²) in [6.07, 6.45) is -0.508. The molecule has 2 aromatic rings. The van der Waals surface area contributed by atoms with Crippen LogP contribution in [0.25, 0.3) is 11.1 Å². The number of aryl methyl sites for hydroxylation is 1. The summed E-state index contributed by atoms with van der Waals surface area (Å²) in [6, 6.07) is 12.1. The van der Waals surface area contributed by atoms with E-state index in [1.165, 1.54) is 19.2 Å². The number of nitrogens with zero attached hydrogens (tertiary/aromatic N) is 1. The molecule has 25 heavy (non-hydrogen) atoms. The maximum absolute atomic E-state index is 11.4. The van der Waals surface area contributed by atoms with Gasteiger partial charge in [-0.3, -0.25) is 0 Å². The molecule has 0 amide bonds. The van der Waals surface area contributed by atoms with Crippen LogP contribution in [-0.4, -0.2) is 42.6 Å². The van der Waals surface area contributed by atoms with Crippen LogP contribution < -0.4 is 4.74 Å². The Morgan fingerprint density at radius 2 is 2.04 bits per heavy atom. The SMILES string of the molecule is COC(CO)COc1cc(C(=O)O)cc(-c2ccc(C)cc2C#N)c1. The highest BCUT2D eigenvalue weighted by molar-refractivity contribution is 5.90. The fraction of sp³-hybridized carbons (Fsp3) is 0.263. The van der Waals surface area contributed by atoms with Gasteiger partial charge in [0.25, 0.3) is 0 Å². The lowest BCUT2D eigenvalue weighted by Crippen LogP contribution is -2.24. The Labute approximate surface area is 145 Å². The molecule has 0 aliphatic carbocycles. The number of carboxylic acid groups (broad SMARTS) is 1. The quantitative estimate of drug-likeness (QED) is 0.803. The van der Waals surface area contributed by atoms with Gasteiger partial charge in [-0.1, -0.05) is 12.1 Å². The highest BCUT2D eigenvalue weighted by atomic mass is 16.5. The maximum atomic E-state index is 11.4. The molecule has 2 aromatic carbocycles. The second-order valence-corrected chi connectivity index (χ2v) is 5.56. The number of carboxylic acids is 1. The van der Waals surface area contributed by atoms with E-state index < -0.39 is 12.1 Å². The lowest BCUT2D eigenvalue weighted by Gasteiger charge is -2.15. The van der Waals surface area contributed by atoms with Crippen LogP contribution in [0.3, 0.4) is 0 Å². The Morgan fingerprint density at radius 3 is 2.64 bits per heavy atom. The van der Waals surface area contributed by atoms with E-state index in [4.69, 9.17) is 14.6 Å². The minimum absolute atomic E-state index is 0.0509. The van der Waals surface area contributed by atoms with Gasteiger partial charge in [0.05, 0.1) is 23.8 Å². The summed E-state index contributed by atoms with van der Waals surface area (Å²) in [5.74, 6) is -0.766. The van der Waals surface area contributed by atoms with Gasteiger partial charge in [-0.15, -0.1) is 0 Å². The number of aliphatic hydroxyl groups excluding tert-OH is 1. The number of aliphatic hydroxyl groups is 1. The van der Waals surface area contributed by atoms with Crippen LogP contribution in [-0.2, 0) is 4.74 Å². The predicted molar refractivity (Wildman–Crippen MR) is 91.7 cm³/mol. The van der Waals surface area contributed by atoms with Crippen molar-refractivity contribution in [2.24, 2.45) is 0 Å². The van der Waals surface area contributed by atoms with E-state index in [1.807, 2.05) is 13.0 Å². The highest BCUT2D eigenvalue weighted by Gasteiger charge is 2.13. The first-order chi connectivity index (χ1) is 12.0. The van der Waals surface area contributed by atoms with Crippen molar-refractivity contribution in [3.05, 3.63) is 53.1 Å². The van der Waals surface area contributed by atoms with E-state index in [9.17, 15) is 15.2 Å². The van der Waals surface area contributed by atoms with E-state index in [2.05, 4.69) is 6.07 Å². The molecule has 2 rings (SSSR count). The molecule has 0 saturated carbocycles. The molecule has 0 aromatic heterocycles. The van der Waals surface area contributed by atoms with Crippen molar-refractivity contribution in [2.45, 2.75) is 13.0 Å². The molecule has 0 heterocycles. The third-order valence-corrected chi connectivity index (χ3v) is 3.73. The minimum Gasteiger partial charge on any atom is -0.491 e. The zero-order valence-corrected chi connectivity index (χ0v) is 14.0. The zero-order chi connectivity index (χ0) is 18.4. The van der Waals surface area contributed by atoms with Gasteiger partial charge < -0.3 is 19.7 Å². The first-order valence-electron chi connectivity index (χ1n) is 7.64. The average molecular weight is 341 g/mol. The van der Waals surface area contributed by atoms with Gasteiger partial charge >= 0.3 is 5.97 Å². The normalized spacial score (nSPS) is 11.6. The van der Waals surface area contributed by atoms with Crippen LogP contribution in [0.5, 0.6) is 5.75 Å². The van der Waals surface area contributed by atoms with E-state index in [-0.39, 0.29) is 18.8 Å². The van der Waals surface area contributed by atoms with Crippen molar-refractivity contribution in [1.29, 1.82) is 5.26 Å². The summed E-state index contributed by atoms with van der Waals surface area (Å²) in [6.45, 7) is 1.75. The Balaban J connectivity index is 2.45. The van der Waals surface area contributed by atoms with Crippen molar-refractivity contribution in [1.82, 2.24) is 0 Å². The molecule has 130 valence electrons. The fourth-order valence-corrected chi connectivity index (χ4v) is 2.35. The third-order valence-electron chi connectivity index (χ3n) is 3.73. The van der Waals surface area contributed by atoms with Crippen molar-refractivity contribution < 1.29 is 24.5 Å². The number of methoxy groups -OCH3 is 1. The molecule has 6 heteroatoms. The first-order valence-corrected chi connectivity index (χ1v) is 7.64. The number of nitriles is 1. The largest absolute Gasteiger partial charge is 0.491 e. The Hall–Kier alpha value is -2.88. The van der Waals surface area contributed by atoms with Crippen LogP contribution >= 0.6 is 0 Å². The summed E-state index contributed by atoms with van der Waals surface area (Å²) in [5.41, 5.74) is 2.65. The van der Waals surface area contributed by atoms with Crippen molar-refractivity contribution in [2.75, 3.05) is 20.3 Å². The Morgan fingerprint density at radius 1 is 1.28 bits per heavy atom. The zero-order valence-electron chi connectivity index (χ0n) is 14.0. The Bertz CT molecular complexity index is 806. The van der Waals surface area contributed by atoms with Crippen LogP contribution in [0.15, 0.2) is 36.4 Å².